The zero-order valence-corrected chi connectivity index (χ0v) is 17.2. The molecule has 7 nitrogen and oxygen atoms in total. The number of carbonyl (C=O) groups is 1. The van der Waals surface area contributed by atoms with Crippen LogP contribution in [0.5, 0.6) is 17.4 Å². The van der Waals surface area contributed by atoms with E-state index in [-0.39, 0.29) is 5.69 Å². The average molecular weight is 454 g/mol. The van der Waals surface area contributed by atoms with Crippen LogP contribution in [0, 0.1) is 0 Å². The molecule has 168 valence electrons. The predicted octanol–water partition coefficient (Wildman–Crippen LogP) is 6.09. The van der Waals surface area contributed by atoms with Crippen LogP contribution in [0.1, 0.15) is 5.56 Å². The summed E-state index contributed by atoms with van der Waals surface area (Å²) in [6.45, 7) is 0. The Balaban J connectivity index is 1.39. The van der Waals surface area contributed by atoms with Gasteiger partial charge in [0.25, 0.3) is 0 Å². The molecule has 0 aliphatic carbocycles. The molecule has 3 aromatic carbocycles. The number of carbonyl (C=O) groups excluding carboxylic acids is 1. The zero-order valence-electron chi connectivity index (χ0n) is 17.2. The fourth-order valence-corrected chi connectivity index (χ4v) is 2.95. The predicted molar refractivity (Wildman–Crippen MR) is 117 cm³/mol. The summed E-state index contributed by atoms with van der Waals surface area (Å²) in [6, 6.07) is 15.4. The van der Waals surface area contributed by atoms with Crippen LogP contribution in [-0.2, 0) is 6.18 Å². The lowest BCUT2D eigenvalue weighted by Gasteiger charge is -2.11. The van der Waals surface area contributed by atoms with E-state index in [0.29, 0.717) is 34.1 Å². The van der Waals surface area contributed by atoms with Crippen molar-refractivity contribution in [3.05, 3.63) is 78.5 Å². The Kier molecular flexibility index (Phi) is 5.99. The standard InChI is InChI=1S/C23H17F3N4O3/c1-32-21-13-27-19-10-9-18(12-20(19)30-21)33-17-7-5-15(6-8-17)28-22(31)29-16-4-2-3-14(11-16)23(24,25)26/h2-13H,1H3,(H2,28,29,31). The van der Waals surface area contributed by atoms with Crippen LogP contribution in [0.3, 0.4) is 0 Å². The maximum Gasteiger partial charge on any atom is 0.416 e. The monoisotopic (exact) mass is 454 g/mol. The van der Waals surface area contributed by atoms with Crippen LogP contribution in [0.4, 0.5) is 29.3 Å². The highest BCUT2D eigenvalue weighted by Crippen LogP contribution is 2.31. The second-order valence-corrected chi connectivity index (χ2v) is 6.85. The van der Waals surface area contributed by atoms with Gasteiger partial charge in [-0.15, -0.1) is 0 Å². The van der Waals surface area contributed by atoms with E-state index in [1.54, 1.807) is 42.5 Å². The van der Waals surface area contributed by atoms with Crippen molar-refractivity contribution in [1.82, 2.24) is 9.97 Å². The van der Waals surface area contributed by atoms with E-state index in [2.05, 4.69) is 20.6 Å². The number of methoxy groups -OCH3 is 1. The van der Waals surface area contributed by atoms with Gasteiger partial charge in [-0.2, -0.15) is 13.2 Å². The molecule has 0 fully saturated rings. The number of anilines is 2. The van der Waals surface area contributed by atoms with Crippen LogP contribution in [-0.4, -0.2) is 23.1 Å². The summed E-state index contributed by atoms with van der Waals surface area (Å²) < 4.78 is 49.3. The molecule has 0 saturated heterocycles. The fraction of sp³-hybridized carbons (Fsp3) is 0.0870. The summed E-state index contributed by atoms with van der Waals surface area (Å²) in [4.78, 5) is 20.7. The average Bonchev–Trinajstić information content (AvgIpc) is 2.79. The summed E-state index contributed by atoms with van der Waals surface area (Å²) >= 11 is 0. The third-order valence-corrected chi connectivity index (χ3v) is 4.50. The van der Waals surface area contributed by atoms with Crippen molar-refractivity contribution in [2.75, 3.05) is 17.7 Å². The van der Waals surface area contributed by atoms with Gasteiger partial charge in [0.15, 0.2) is 0 Å². The maximum absolute atomic E-state index is 12.8. The molecule has 0 unspecified atom stereocenters. The van der Waals surface area contributed by atoms with Crippen molar-refractivity contribution < 1.29 is 27.4 Å². The third-order valence-electron chi connectivity index (χ3n) is 4.50. The van der Waals surface area contributed by atoms with Gasteiger partial charge in [0.05, 0.1) is 29.9 Å². The van der Waals surface area contributed by atoms with Gasteiger partial charge in [0.2, 0.25) is 5.88 Å². The van der Waals surface area contributed by atoms with E-state index in [0.717, 1.165) is 12.1 Å². The highest BCUT2D eigenvalue weighted by atomic mass is 19.4. The molecule has 33 heavy (non-hydrogen) atoms. The van der Waals surface area contributed by atoms with E-state index < -0.39 is 17.8 Å². The highest BCUT2D eigenvalue weighted by molar-refractivity contribution is 5.99. The molecule has 1 aromatic heterocycles. The molecule has 0 atom stereocenters. The van der Waals surface area contributed by atoms with Gasteiger partial charge in [-0.3, -0.25) is 0 Å². The molecule has 0 saturated carbocycles. The molecular weight excluding hydrogens is 437 g/mol. The topological polar surface area (TPSA) is 85.4 Å². The Morgan fingerprint density at radius 2 is 1.61 bits per heavy atom. The maximum atomic E-state index is 12.8. The zero-order chi connectivity index (χ0) is 23.4. The quantitative estimate of drug-likeness (QED) is 0.381. The molecule has 0 aliphatic heterocycles. The van der Waals surface area contributed by atoms with E-state index in [1.807, 2.05) is 0 Å². The summed E-state index contributed by atoms with van der Waals surface area (Å²) in [5, 5.41) is 4.94. The molecule has 10 heteroatoms. The van der Waals surface area contributed by atoms with Crippen molar-refractivity contribution in [1.29, 1.82) is 0 Å². The lowest BCUT2D eigenvalue weighted by atomic mass is 10.2. The number of urea groups is 1. The summed E-state index contributed by atoms with van der Waals surface area (Å²) in [6.07, 6.45) is -2.97. The van der Waals surface area contributed by atoms with Crippen LogP contribution in [0.15, 0.2) is 72.9 Å². The number of halogens is 3. The number of ether oxygens (including phenoxy) is 2. The van der Waals surface area contributed by atoms with E-state index >= 15 is 0 Å². The minimum absolute atomic E-state index is 0.0262. The molecule has 4 aromatic rings. The van der Waals surface area contributed by atoms with Crippen LogP contribution in [0.2, 0.25) is 0 Å². The first-order chi connectivity index (χ1) is 15.8. The third kappa shape index (κ3) is 5.48. The minimum atomic E-state index is -4.49. The fourth-order valence-electron chi connectivity index (χ4n) is 2.95. The number of hydrogen-bond acceptors (Lipinski definition) is 5. The number of aromatic nitrogens is 2. The lowest BCUT2D eigenvalue weighted by molar-refractivity contribution is -0.137. The number of fused-ring (bicyclic) bond motifs is 1. The van der Waals surface area contributed by atoms with Crippen molar-refractivity contribution in [3.63, 3.8) is 0 Å². The SMILES string of the molecule is COc1cnc2ccc(Oc3ccc(NC(=O)Nc4cccc(C(F)(F)F)c4)cc3)cc2n1. The Morgan fingerprint density at radius 3 is 2.33 bits per heavy atom. The molecule has 0 radical (unpaired) electrons. The van der Waals surface area contributed by atoms with Crippen LogP contribution >= 0.6 is 0 Å². The number of nitrogens with zero attached hydrogens (tertiary/aromatic N) is 2. The Hall–Kier alpha value is -4.34. The van der Waals surface area contributed by atoms with Crippen LogP contribution < -0.4 is 20.1 Å². The Bertz CT molecular complexity index is 1290. The number of hydrogen-bond donors (Lipinski definition) is 2. The Labute approximate surface area is 186 Å². The molecule has 0 bridgehead atoms. The molecule has 2 N–H and O–H groups in total. The van der Waals surface area contributed by atoms with Crippen molar-refractivity contribution in [3.8, 4) is 17.4 Å². The number of alkyl halides is 3. The van der Waals surface area contributed by atoms with Crippen molar-refractivity contribution in [2.24, 2.45) is 0 Å². The lowest BCUT2D eigenvalue weighted by Crippen LogP contribution is -2.19. The van der Waals surface area contributed by atoms with Gasteiger partial charge in [-0.05, 0) is 54.6 Å². The first-order valence-corrected chi connectivity index (χ1v) is 9.64. The van der Waals surface area contributed by atoms with Gasteiger partial charge in [-0.25, -0.2) is 14.8 Å². The Morgan fingerprint density at radius 1 is 0.879 bits per heavy atom. The second kappa shape index (κ2) is 9.03. The molecule has 0 aliphatic rings. The summed E-state index contributed by atoms with van der Waals surface area (Å²) in [7, 11) is 1.51. The van der Waals surface area contributed by atoms with E-state index in [1.165, 1.54) is 25.4 Å². The van der Waals surface area contributed by atoms with Gasteiger partial charge < -0.3 is 20.1 Å². The van der Waals surface area contributed by atoms with E-state index in [4.69, 9.17) is 9.47 Å². The normalized spacial score (nSPS) is 11.2. The minimum Gasteiger partial charge on any atom is -0.480 e. The molecule has 1 heterocycles. The highest BCUT2D eigenvalue weighted by Gasteiger charge is 2.30. The largest absolute Gasteiger partial charge is 0.480 e. The number of nitrogens with one attached hydrogen (secondary N) is 2. The molecule has 0 spiro atoms. The smallest absolute Gasteiger partial charge is 0.416 e. The summed E-state index contributed by atoms with van der Waals surface area (Å²) in [5.74, 6) is 1.43. The van der Waals surface area contributed by atoms with Crippen LogP contribution in [0.25, 0.3) is 11.0 Å². The van der Waals surface area contributed by atoms with Gasteiger partial charge in [0.1, 0.15) is 11.5 Å². The van der Waals surface area contributed by atoms with Crippen molar-refractivity contribution in [2.45, 2.75) is 6.18 Å². The number of benzene rings is 3. The van der Waals surface area contributed by atoms with Gasteiger partial charge in [-0.1, -0.05) is 6.07 Å². The van der Waals surface area contributed by atoms with Gasteiger partial charge in [0, 0.05) is 17.4 Å². The first-order valence-electron chi connectivity index (χ1n) is 9.64. The number of rotatable bonds is 5. The second-order valence-electron chi connectivity index (χ2n) is 6.85. The molecule has 4 rings (SSSR count). The van der Waals surface area contributed by atoms with E-state index in [9.17, 15) is 18.0 Å². The number of amides is 2. The first kappa shape index (κ1) is 21.9. The van der Waals surface area contributed by atoms with Crippen molar-refractivity contribution >= 4 is 28.4 Å². The van der Waals surface area contributed by atoms with Gasteiger partial charge >= 0.3 is 12.2 Å². The molecular formula is C23H17F3N4O3. The summed E-state index contributed by atoms with van der Waals surface area (Å²) in [5.41, 5.74) is 0.907. The molecule has 2 amide bonds.